The minimum Gasteiger partial charge on any atom is -0.381 e. The first-order chi connectivity index (χ1) is 6.74. The highest BCUT2D eigenvalue weighted by atomic mass is 32.2. The van der Waals surface area contributed by atoms with Crippen LogP contribution in [0.3, 0.4) is 0 Å². The van der Waals surface area contributed by atoms with Gasteiger partial charge in [-0.3, -0.25) is 0 Å². The van der Waals surface area contributed by atoms with Crippen LogP contribution in [-0.2, 0) is 14.3 Å². The third-order valence-electron chi connectivity index (χ3n) is 2.97. The quantitative estimate of drug-likeness (QED) is 0.549. The zero-order valence-electron chi connectivity index (χ0n) is 7.78. The lowest BCUT2D eigenvalue weighted by Gasteiger charge is -2.10. The van der Waals surface area contributed by atoms with Crippen LogP contribution in [0.2, 0.25) is 0 Å². The topological polar surface area (TPSA) is 43.4 Å². The highest BCUT2D eigenvalue weighted by Gasteiger charge is 2.56. The summed E-state index contributed by atoms with van der Waals surface area (Å²) in [6.07, 6.45) is 2.03. The second-order valence-corrected chi connectivity index (χ2v) is 5.41. The molecule has 0 aromatic rings. The van der Waals surface area contributed by atoms with Crippen LogP contribution >= 0.6 is 0 Å². The summed E-state index contributed by atoms with van der Waals surface area (Å²) in [5.74, 6) is 0.323. The fraction of sp³-hybridized carbons (Fsp3) is 0.750. The Morgan fingerprint density at radius 3 is 2.47 bits per heavy atom. The summed E-state index contributed by atoms with van der Waals surface area (Å²) in [4.78, 5) is 0. The average molecular weight is 242 g/mol. The van der Waals surface area contributed by atoms with Crippen molar-refractivity contribution in [3.63, 3.8) is 0 Å². The van der Waals surface area contributed by atoms with E-state index in [4.69, 9.17) is 0 Å². The smallest absolute Gasteiger partial charge is 0.381 e. The number of hydrogen-bond acceptors (Lipinski definition) is 3. The molecule has 0 aliphatic heterocycles. The van der Waals surface area contributed by atoms with E-state index in [9.17, 15) is 21.6 Å². The molecule has 2 aliphatic rings. The maximum Gasteiger partial charge on any atom is 0.534 e. The van der Waals surface area contributed by atoms with E-state index in [1.54, 1.807) is 0 Å². The van der Waals surface area contributed by atoms with Gasteiger partial charge in [0.25, 0.3) is 0 Å². The molecule has 2 unspecified atom stereocenters. The predicted octanol–water partition coefficient (Wildman–Crippen LogP) is 2.02. The lowest BCUT2D eigenvalue weighted by atomic mass is 10.2. The highest BCUT2D eigenvalue weighted by molar-refractivity contribution is 7.87. The molecule has 0 spiro atoms. The normalized spacial score (nSPS) is 34.7. The van der Waals surface area contributed by atoms with E-state index in [0.29, 0.717) is 6.42 Å². The molecule has 0 saturated heterocycles. The molecule has 7 heteroatoms. The molecule has 2 rings (SSSR count). The molecule has 3 atom stereocenters. The van der Waals surface area contributed by atoms with Gasteiger partial charge in [0, 0.05) is 5.92 Å². The summed E-state index contributed by atoms with van der Waals surface area (Å²) in [5, 5.41) is 0. The molecule has 1 saturated carbocycles. The molecular formula is C8H9F3O3S. The van der Waals surface area contributed by atoms with Crippen LogP contribution in [0.5, 0.6) is 0 Å². The molecule has 2 aliphatic carbocycles. The maximum absolute atomic E-state index is 12.0. The van der Waals surface area contributed by atoms with Crippen LogP contribution in [0, 0.1) is 17.8 Å². The first-order valence-corrected chi connectivity index (χ1v) is 5.85. The molecule has 0 aromatic heterocycles. The molecule has 86 valence electrons. The third-order valence-corrected chi connectivity index (χ3v) is 3.95. The van der Waals surface area contributed by atoms with Crippen molar-refractivity contribution in [2.75, 3.05) is 0 Å². The SMILES string of the molecule is C[C@H]1C2CC=C(OS(=O)(=O)C(F)(F)F)C21. The van der Waals surface area contributed by atoms with Gasteiger partial charge < -0.3 is 4.18 Å². The minimum absolute atomic E-state index is 0.0372. The van der Waals surface area contributed by atoms with E-state index in [2.05, 4.69) is 4.18 Å². The zero-order chi connectivity index (χ0) is 11.4. The van der Waals surface area contributed by atoms with E-state index in [-0.39, 0.29) is 23.5 Å². The van der Waals surface area contributed by atoms with Crippen molar-refractivity contribution >= 4 is 10.1 Å². The number of fused-ring (bicyclic) bond motifs is 1. The molecule has 0 aromatic carbocycles. The van der Waals surface area contributed by atoms with Crippen molar-refractivity contribution in [2.45, 2.75) is 18.9 Å². The van der Waals surface area contributed by atoms with E-state index >= 15 is 0 Å². The van der Waals surface area contributed by atoms with Gasteiger partial charge in [0.2, 0.25) is 0 Å². The average Bonchev–Trinajstić information content (AvgIpc) is 2.52. The van der Waals surface area contributed by atoms with Gasteiger partial charge in [0.05, 0.1) is 0 Å². The van der Waals surface area contributed by atoms with Gasteiger partial charge in [-0.2, -0.15) is 21.6 Å². The van der Waals surface area contributed by atoms with Gasteiger partial charge in [-0.05, 0) is 24.3 Å². The van der Waals surface area contributed by atoms with Crippen LogP contribution in [-0.4, -0.2) is 13.9 Å². The second-order valence-electron chi connectivity index (χ2n) is 3.87. The van der Waals surface area contributed by atoms with Crippen LogP contribution in [0.4, 0.5) is 13.2 Å². The Balaban J connectivity index is 2.11. The van der Waals surface area contributed by atoms with E-state index in [1.807, 2.05) is 6.92 Å². The van der Waals surface area contributed by atoms with E-state index < -0.39 is 15.6 Å². The Kier molecular flexibility index (Phi) is 2.09. The maximum atomic E-state index is 12.0. The molecule has 0 heterocycles. The number of rotatable bonds is 2. The monoisotopic (exact) mass is 242 g/mol. The van der Waals surface area contributed by atoms with E-state index in [0.717, 1.165) is 0 Å². The molecule has 0 amide bonds. The molecular weight excluding hydrogens is 233 g/mol. The van der Waals surface area contributed by atoms with Gasteiger partial charge in [0.15, 0.2) is 0 Å². The molecule has 1 fully saturated rings. The number of alkyl halides is 3. The summed E-state index contributed by atoms with van der Waals surface area (Å²) < 4.78 is 61.4. The molecule has 0 bridgehead atoms. The Bertz CT molecular complexity index is 409. The fourth-order valence-electron chi connectivity index (χ4n) is 2.03. The van der Waals surface area contributed by atoms with Crippen molar-refractivity contribution in [2.24, 2.45) is 17.8 Å². The number of hydrogen-bond donors (Lipinski definition) is 0. The van der Waals surface area contributed by atoms with Crippen LogP contribution in [0.1, 0.15) is 13.3 Å². The Morgan fingerprint density at radius 1 is 1.47 bits per heavy atom. The second kappa shape index (κ2) is 2.90. The van der Waals surface area contributed by atoms with Crippen molar-refractivity contribution in [1.29, 1.82) is 0 Å². The lowest BCUT2D eigenvalue weighted by Crippen LogP contribution is -2.25. The van der Waals surface area contributed by atoms with Crippen molar-refractivity contribution in [3.8, 4) is 0 Å². The molecule has 0 radical (unpaired) electrons. The summed E-state index contributed by atoms with van der Waals surface area (Å²) >= 11 is 0. The first kappa shape index (κ1) is 10.8. The minimum atomic E-state index is -5.48. The van der Waals surface area contributed by atoms with Crippen LogP contribution in [0.15, 0.2) is 11.8 Å². The number of halogens is 3. The summed E-state index contributed by atoms with van der Waals surface area (Å²) in [5.41, 5.74) is -5.34. The highest BCUT2D eigenvalue weighted by Crippen LogP contribution is 2.58. The number of allylic oxidation sites excluding steroid dienone is 2. The van der Waals surface area contributed by atoms with Gasteiger partial charge >= 0.3 is 15.6 Å². The molecule has 0 N–H and O–H groups in total. The van der Waals surface area contributed by atoms with E-state index in [1.165, 1.54) is 6.08 Å². The van der Waals surface area contributed by atoms with Crippen LogP contribution in [0.25, 0.3) is 0 Å². The first-order valence-electron chi connectivity index (χ1n) is 4.45. The van der Waals surface area contributed by atoms with Gasteiger partial charge in [-0.25, -0.2) is 0 Å². The summed E-state index contributed by atoms with van der Waals surface area (Å²) in [7, 11) is -5.48. The van der Waals surface area contributed by atoms with Crippen molar-refractivity contribution < 1.29 is 25.8 Å². The standard InChI is InChI=1S/C8H9F3O3S/c1-4-5-2-3-6(7(4)5)14-15(12,13)8(9,10)11/h3-5,7H,2H2,1H3/t4-,5?,7?/m0/s1. The van der Waals surface area contributed by atoms with Crippen molar-refractivity contribution in [1.82, 2.24) is 0 Å². The largest absolute Gasteiger partial charge is 0.534 e. The Labute approximate surface area is 85.0 Å². The lowest BCUT2D eigenvalue weighted by molar-refractivity contribution is -0.0524. The summed E-state index contributed by atoms with van der Waals surface area (Å²) in [6.45, 7) is 1.87. The van der Waals surface area contributed by atoms with Gasteiger partial charge in [-0.1, -0.05) is 6.92 Å². The molecule has 3 nitrogen and oxygen atoms in total. The van der Waals surface area contributed by atoms with Gasteiger partial charge in [-0.15, -0.1) is 0 Å². The fourth-order valence-corrected chi connectivity index (χ4v) is 2.56. The predicted molar refractivity (Wildman–Crippen MR) is 44.9 cm³/mol. The Hall–Kier alpha value is -0.720. The third kappa shape index (κ3) is 1.62. The van der Waals surface area contributed by atoms with Crippen molar-refractivity contribution in [3.05, 3.63) is 11.8 Å². The Morgan fingerprint density at radius 2 is 2.07 bits per heavy atom. The van der Waals surface area contributed by atoms with Crippen LogP contribution < -0.4 is 0 Å². The zero-order valence-corrected chi connectivity index (χ0v) is 8.60. The molecule has 15 heavy (non-hydrogen) atoms. The summed E-state index contributed by atoms with van der Waals surface area (Å²) in [6, 6.07) is 0. The van der Waals surface area contributed by atoms with Gasteiger partial charge in [0.1, 0.15) is 5.76 Å².